The summed E-state index contributed by atoms with van der Waals surface area (Å²) >= 11 is 1.69. The molecule has 0 aliphatic heterocycles. The average molecular weight is 262 g/mol. The molecule has 1 amide bonds. The van der Waals surface area contributed by atoms with Crippen LogP contribution >= 0.6 is 11.3 Å². The van der Waals surface area contributed by atoms with E-state index in [1.54, 1.807) is 11.3 Å². The lowest BCUT2D eigenvalue weighted by Gasteiger charge is -2.25. The first-order valence-corrected chi connectivity index (χ1v) is 6.79. The molecule has 3 nitrogen and oxygen atoms in total. The fourth-order valence-corrected chi connectivity index (χ4v) is 2.43. The van der Waals surface area contributed by atoms with Crippen LogP contribution in [0.15, 0.2) is 29.6 Å². The summed E-state index contributed by atoms with van der Waals surface area (Å²) in [5.74, 6) is -0.142. The van der Waals surface area contributed by atoms with Gasteiger partial charge < -0.3 is 11.1 Å². The van der Waals surface area contributed by atoms with E-state index in [2.05, 4.69) is 5.32 Å². The zero-order chi connectivity index (χ0) is 13.3. The Bertz CT molecular complexity index is 568. The number of hydrogen-bond donors (Lipinski definition) is 2. The molecule has 4 heteroatoms. The van der Waals surface area contributed by atoms with Gasteiger partial charge >= 0.3 is 0 Å². The van der Waals surface area contributed by atoms with Crippen LogP contribution in [0, 0.1) is 5.41 Å². The summed E-state index contributed by atoms with van der Waals surface area (Å²) in [6.07, 6.45) is 0. The van der Waals surface area contributed by atoms with Crippen LogP contribution in [-0.2, 0) is 4.79 Å². The maximum Gasteiger partial charge on any atom is 0.241 e. The quantitative estimate of drug-likeness (QED) is 0.873. The van der Waals surface area contributed by atoms with Gasteiger partial charge in [-0.25, -0.2) is 0 Å². The van der Waals surface area contributed by atoms with E-state index in [0.29, 0.717) is 0 Å². The van der Waals surface area contributed by atoms with Crippen molar-refractivity contribution < 1.29 is 4.79 Å². The molecule has 18 heavy (non-hydrogen) atoms. The van der Waals surface area contributed by atoms with Crippen molar-refractivity contribution in [2.45, 2.75) is 26.8 Å². The number of thiophene rings is 1. The lowest BCUT2D eigenvalue weighted by atomic mass is 9.87. The van der Waals surface area contributed by atoms with Crippen molar-refractivity contribution in [2.24, 2.45) is 11.1 Å². The molecule has 2 rings (SSSR count). The summed E-state index contributed by atoms with van der Waals surface area (Å²) in [5, 5.41) is 6.05. The Balaban J connectivity index is 2.16. The number of anilines is 1. The molecule has 0 aliphatic rings. The third-order valence-electron chi connectivity index (χ3n) is 2.94. The monoisotopic (exact) mass is 262 g/mol. The van der Waals surface area contributed by atoms with Crippen molar-refractivity contribution >= 4 is 33.0 Å². The molecule has 0 radical (unpaired) electrons. The van der Waals surface area contributed by atoms with Crippen molar-refractivity contribution in [3.63, 3.8) is 0 Å². The number of fused-ring (bicyclic) bond motifs is 1. The molecule has 1 heterocycles. The molecule has 96 valence electrons. The van der Waals surface area contributed by atoms with Crippen LogP contribution in [0.3, 0.4) is 0 Å². The van der Waals surface area contributed by atoms with E-state index in [9.17, 15) is 4.79 Å². The van der Waals surface area contributed by atoms with Crippen LogP contribution in [-0.4, -0.2) is 11.9 Å². The normalized spacial score (nSPS) is 13.6. The second-order valence-corrected chi connectivity index (χ2v) is 6.45. The zero-order valence-corrected chi connectivity index (χ0v) is 11.7. The Morgan fingerprint density at radius 3 is 2.72 bits per heavy atom. The maximum absolute atomic E-state index is 12.0. The van der Waals surface area contributed by atoms with Crippen LogP contribution in [0.2, 0.25) is 0 Å². The highest BCUT2D eigenvalue weighted by Crippen LogP contribution is 2.25. The van der Waals surface area contributed by atoms with Crippen LogP contribution in [0.4, 0.5) is 5.69 Å². The predicted molar refractivity (Wildman–Crippen MR) is 77.9 cm³/mol. The predicted octanol–water partition coefficient (Wildman–Crippen LogP) is 3.21. The molecule has 1 aromatic carbocycles. The number of carbonyl (C=O) groups is 1. The van der Waals surface area contributed by atoms with Crippen LogP contribution < -0.4 is 11.1 Å². The van der Waals surface area contributed by atoms with Gasteiger partial charge in [0.05, 0.1) is 6.04 Å². The first-order chi connectivity index (χ1) is 8.38. The Morgan fingerprint density at radius 1 is 1.33 bits per heavy atom. The van der Waals surface area contributed by atoms with E-state index >= 15 is 0 Å². The highest BCUT2D eigenvalue weighted by Gasteiger charge is 2.27. The molecule has 3 N–H and O–H groups in total. The standard InChI is InChI=1S/C14H18N2OS/c1-14(2,3)12(15)13(17)16-10-4-5-11-9(8-10)6-7-18-11/h4-8,12H,15H2,1-3H3,(H,16,17)/t12-/m0/s1. The van der Waals surface area contributed by atoms with E-state index in [0.717, 1.165) is 11.1 Å². The van der Waals surface area contributed by atoms with Crippen molar-refractivity contribution in [2.75, 3.05) is 5.32 Å². The Hall–Kier alpha value is -1.39. The minimum atomic E-state index is -0.518. The molecule has 1 aromatic heterocycles. The molecule has 2 aromatic rings. The van der Waals surface area contributed by atoms with Gasteiger partial charge in [0.1, 0.15) is 0 Å². The van der Waals surface area contributed by atoms with E-state index in [1.807, 2.05) is 50.4 Å². The average Bonchev–Trinajstić information content (AvgIpc) is 2.73. The van der Waals surface area contributed by atoms with Gasteiger partial charge in [-0.15, -0.1) is 11.3 Å². The molecule has 0 bridgehead atoms. The van der Waals surface area contributed by atoms with Crippen molar-refractivity contribution in [1.82, 2.24) is 0 Å². The van der Waals surface area contributed by atoms with Crippen molar-refractivity contribution in [1.29, 1.82) is 0 Å². The summed E-state index contributed by atoms with van der Waals surface area (Å²) in [6.45, 7) is 5.87. The van der Waals surface area contributed by atoms with Gasteiger partial charge in [-0.1, -0.05) is 20.8 Å². The van der Waals surface area contributed by atoms with Gasteiger partial charge in [0, 0.05) is 10.4 Å². The summed E-state index contributed by atoms with van der Waals surface area (Å²) in [6, 6.07) is 7.42. The number of nitrogens with two attached hydrogens (primary N) is 1. The third kappa shape index (κ3) is 2.71. The number of hydrogen-bond acceptors (Lipinski definition) is 3. The molecule has 1 atom stereocenters. The van der Waals surface area contributed by atoms with Crippen molar-refractivity contribution in [3.8, 4) is 0 Å². The molecular weight excluding hydrogens is 244 g/mol. The highest BCUT2D eigenvalue weighted by atomic mass is 32.1. The lowest BCUT2D eigenvalue weighted by molar-refractivity contribution is -0.119. The maximum atomic E-state index is 12.0. The zero-order valence-electron chi connectivity index (χ0n) is 10.9. The molecular formula is C14H18N2OS. The number of benzene rings is 1. The number of nitrogens with one attached hydrogen (secondary N) is 1. The van der Waals surface area contributed by atoms with E-state index < -0.39 is 6.04 Å². The molecule has 0 saturated heterocycles. The fraction of sp³-hybridized carbons (Fsp3) is 0.357. The number of carbonyl (C=O) groups excluding carboxylic acids is 1. The minimum absolute atomic E-state index is 0.142. The number of rotatable bonds is 2. The minimum Gasteiger partial charge on any atom is -0.325 e. The van der Waals surface area contributed by atoms with Crippen LogP contribution in [0.1, 0.15) is 20.8 Å². The second-order valence-electron chi connectivity index (χ2n) is 5.51. The van der Waals surface area contributed by atoms with E-state index in [4.69, 9.17) is 5.73 Å². The molecule has 0 aliphatic carbocycles. The van der Waals surface area contributed by atoms with Crippen LogP contribution in [0.5, 0.6) is 0 Å². The smallest absolute Gasteiger partial charge is 0.241 e. The van der Waals surface area contributed by atoms with Crippen LogP contribution in [0.25, 0.3) is 10.1 Å². The third-order valence-corrected chi connectivity index (χ3v) is 3.83. The van der Waals surface area contributed by atoms with Gasteiger partial charge in [-0.2, -0.15) is 0 Å². The Labute approximate surface area is 111 Å². The largest absolute Gasteiger partial charge is 0.325 e. The number of amides is 1. The first-order valence-electron chi connectivity index (χ1n) is 5.91. The van der Waals surface area contributed by atoms with Crippen molar-refractivity contribution in [3.05, 3.63) is 29.6 Å². The van der Waals surface area contributed by atoms with Gasteiger partial charge in [0.2, 0.25) is 5.91 Å². The van der Waals surface area contributed by atoms with Gasteiger partial charge in [-0.05, 0) is 40.4 Å². The highest BCUT2D eigenvalue weighted by molar-refractivity contribution is 7.17. The first kappa shape index (κ1) is 13.1. The lowest BCUT2D eigenvalue weighted by Crippen LogP contribution is -2.45. The van der Waals surface area contributed by atoms with E-state index in [1.165, 1.54) is 4.70 Å². The summed E-state index contributed by atoms with van der Waals surface area (Å²) in [5.41, 5.74) is 6.48. The Kier molecular flexibility index (Phi) is 3.41. The molecule has 0 spiro atoms. The fourth-order valence-electron chi connectivity index (χ4n) is 1.66. The molecule has 0 fully saturated rings. The molecule has 0 saturated carbocycles. The Morgan fingerprint density at radius 2 is 2.06 bits per heavy atom. The van der Waals surface area contributed by atoms with Gasteiger partial charge in [0.25, 0.3) is 0 Å². The van der Waals surface area contributed by atoms with E-state index in [-0.39, 0.29) is 11.3 Å². The topological polar surface area (TPSA) is 55.1 Å². The summed E-state index contributed by atoms with van der Waals surface area (Å²) < 4.78 is 1.22. The van der Waals surface area contributed by atoms with Gasteiger partial charge in [0.15, 0.2) is 0 Å². The second kappa shape index (κ2) is 4.71. The molecule has 0 unspecified atom stereocenters. The van der Waals surface area contributed by atoms with Gasteiger partial charge in [-0.3, -0.25) is 4.79 Å². The summed E-state index contributed by atoms with van der Waals surface area (Å²) in [4.78, 5) is 12.0. The SMILES string of the molecule is CC(C)(C)[C@@H](N)C(=O)Nc1ccc2sccc2c1. The summed E-state index contributed by atoms with van der Waals surface area (Å²) in [7, 11) is 0.